The fourth-order valence-electron chi connectivity index (χ4n) is 2.60. The summed E-state index contributed by atoms with van der Waals surface area (Å²) < 4.78 is 0. The van der Waals surface area contributed by atoms with Gasteiger partial charge in [-0.15, -0.1) is 0 Å². The third kappa shape index (κ3) is 3.71. The summed E-state index contributed by atoms with van der Waals surface area (Å²) in [7, 11) is 4.28. The first-order chi connectivity index (χ1) is 9.08. The van der Waals surface area contributed by atoms with E-state index in [0.717, 1.165) is 32.7 Å². The van der Waals surface area contributed by atoms with Crippen molar-refractivity contribution in [2.45, 2.75) is 26.3 Å². The average Bonchev–Trinajstić information content (AvgIpc) is 2.39. The molecule has 1 aromatic carbocycles. The van der Waals surface area contributed by atoms with Crippen LogP contribution >= 0.6 is 0 Å². The minimum atomic E-state index is 0.590. The van der Waals surface area contributed by atoms with E-state index in [1.165, 1.54) is 16.8 Å². The SMILES string of the molecule is CC(C)c1ccc(CN2CCNCC2)c(N(C)C)c1. The summed E-state index contributed by atoms with van der Waals surface area (Å²) in [5.74, 6) is 0.590. The summed E-state index contributed by atoms with van der Waals surface area (Å²) in [5.41, 5.74) is 4.23. The Kier molecular flexibility index (Phi) is 4.83. The highest BCUT2D eigenvalue weighted by molar-refractivity contribution is 5.55. The van der Waals surface area contributed by atoms with Crippen LogP contribution in [0.3, 0.4) is 0 Å². The highest BCUT2D eigenvalue weighted by Gasteiger charge is 2.14. The monoisotopic (exact) mass is 261 g/mol. The lowest BCUT2D eigenvalue weighted by Crippen LogP contribution is -2.43. The molecule has 0 bridgehead atoms. The quantitative estimate of drug-likeness (QED) is 0.897. The van der Waals surface area contributed by atoms with Crippen LogP contribution in [0, 0.1) is 0 Å². The fraction of sp³-hybridized carbons (Fsp3) is 0.625. The summed E-state index contributed by atoms with van der Waals surface area (Å²) in [4.78, 5) is 4.78. The van der Waals surface area contributed by atoms with Crippen molar-refractivity contribution in [3.8, 4) is 0 Å². The third-order valence-electron chi connectivity index (χ3n) is 3.86. The first-order valence-electron chi connectivity index (χ1n) is 7.31. The minimum absolute atomic E-state index is 0.590. The first kappa shape index (κ1) is 14.4. The molecule has 3 nitrogen and oxygen atoms in total. The van der Waals surface area contributed by atoms with E-state index in [9.17, 15) is 0 Å². The van der Waals surface area contributed by atoms with Gasteiger partial charge in [-0.25, -0.2) is 0 Å². The normalized spacial score (nSPS) is 16.9. The molecule has 0 aromatic heterocycles. The molecule has 1 heterocycles. The van der Waals surface area contributed by atoms with Crippen LogP contribution < -0.4 is 10.2 Å². The second-order valence-electron chi connectivity index (χ2n) is 5.96. The highest BCUT2D eigenvalue weighted by atomic mass is 15.2. The molecule has 0 saturated carbocycles. The zero-order valence-corrected chi connectivity index (χ0v) is 12.7. The number of nitrogens with zero attached hydrogens (tertiary/aromatic N) is 2. The van der Waals surface area contributed by atoms with Gasteiger partial charge in [-0.2, -0.15) is 0 Å². The Morgan fingerprint density at radius 2 is 1.89 bits per heavy atom. The van der Waals surface area contributed by atoms with Crippen LogP contribution in [0.2, 0.25) is 0 Å². The molecule has 1 saturated heterocycles. The Morgan fingerprint density at radius 1 is 1.21 bits per heavy atom. The first-order valence-corrected chi connectivity index (χ1v) is 7.31. The van der Waals surface area contributed by atoms with Crippen molar-refractivity contribution in [2.24, 2.45) is 0 Å². The van der Waals surface area contributed by atoms with Crippen LogP contribution in [0.25, 0.3) is 0 Å². The molecule has 0 spiro atoms. The average molecular weight is 261 g/mol. The van der Waals surface area contributed by atoms with Gasteiger partial charge in [-0.05, 0) is 23.1 Å². The lowest BCUT2D eigenvalue weighted by molar-refractivity contribution is 0.233. The van der Waals surface area contributed by atoms with Crippen LogP contribution in [0.1, 0.15) is 30.9 Å². The van der Waals surface area contributed by atoms with Crippen LogP contribution in [0.4, 0.5) is 5.69 Å². The fourth-order valence-corrected chi connectivity index (χ4v) is 2.60. The summed E-state index contributed by atoms with van der Waals surface area (Å²) in [5, 5.41) is 3.41. The molecule has 1 N–H and O–H groups in total. The molecule has 1 aromatic rings. The summed E-state index contributed by atoms with van der Waals surface area (Å²) in [6.45, 7) is 10.1. The van der Waals surface area contributed by atoms with Crippen molar-refractivity contribution in [1.29, 1.82) is 0 Å². The minimum Gasteiger partial charge on any atom is -0.377 e. The summed E-state index contributed by atoms with van der Waals surface area (Å²) >= 11 is 0. The van der Waals surface area contributed by atoms with E-state index >= 15 is 0 Å². The second-order valence-corrected chi connectivity index (χ2v) is 5.96. The molecule has 0 amide bonds. The molecule has 0 radical (unpaired) electrons. The molecule has 0 atom stereocenters. The van der Waals surface area contributed by atoms with E-state index in [2.05, 4.69) is 61.3 Å². The Hall–Kier alpha value is -1.06. The number of nitrogens with one attached hydrogen (secondary N) is 1. The molecular formula is C16H27N3. The Morgan fingerprint density at radius 3 is 2.47 bits per heavy atom. The molecule has 19 heavy (non-hydrogen) atoms. The predicted molar refractivity (Wildman–Crippen MR) is 83.0 cm³/mol. The number of benzene rings is 1. The molecule has 1 aliphatic rings. The number of anilines is 1. The van der Waals surface area contributed by atoms with Gasteiger partial charge in [0.05, 0.1) is 0 Å². The maximum Gasteiger partial charge on any atom is 0.0409 e. The number of hydrogen-bond acceptors (Lipinski definition) is 3. The molecular weight excluding hydrogens is 234 g/mol. The smallest absolute Gasteiger partial charge is 0.0409 e. The standard InChI is InChI=1S/C16H27N3/c1-13(2)14-5-6-15(16(11-14)18(3)4)12-19-9-7-17-8-10-19/h5-6,11,13,17H,7-10,12H2,1-4H3. The maximum atomic E-state index is 3.41. The van der Waals surface area contributed by atoms with Gasteiger partial charge in [-0.3, -0.25) is 4.90 Å². The van der Waals surface area contributed by atoms with Gasteiger partial charge in [0.2, 0.25) is 0 Å². The zero-order chi connectivity index (χ0) is 13.8. The van der Waals surface area contributed by atoms with Crippen molar-refractivity contribution in [3.63, 3.8) is 0 Å². The van der Waals surface area contributed by atoms with E-state index in [1.807, 2.05) is 0 Å². The topological polar surface area (TPSA) is 18.5 Å². The number of piperazine rings is 1. The Labute approximate surface area is 117 Å². The van der Waals surface area contributed by atoms with Gasteiger partial charge in [0.1, 0.15) is 0 Å². The van der Waals surface area contributed by atoms with Crippen molar-refractivity contribution in [2.75, 3.05) is 45.2 Å². The van der Waals surface area contributed by atoms with E-state index < -0.39 is 0 Å². The van der Waals surface area contributed by atoms with Crippen LogP contribution in [0.5, 0.6) is 0 Å². The molecule has 1 fully saturated rings. The molecule has 2 rings (SSSR count). The highest BCUT2D eigenvalue weighted by Crippen LogP contribution is 2.26. The van der Waals surface area contributed by atoms with Crippen LogP contribution in [0.15, 0.2) is 18.2 Å². The number of rotatable bonds is 4. The van der Waals surface area contributed by atoms with Crippen molar-refractivity contribution < 1.29 is 0 Å². The Balaban J connectivity index is 2.18. The van der Waals surface area contributed by atoms with E-state index in [4.69, 9.17) is 0 Å². The second kappa shape index (κ2) is 6.40. The van der Waals surface area contributed by atoms with Crippen LogP contribution in [-0.4, -0.2) is 45.2 Å². The van der Waals surface area contributed by atoms with E-state index in [1.54, 1.807) is 0 Å². The largest absolute Gasteiger partial charge is 0.377 e. The third-order valence-corrected chi connectivity index (χ3v) is 3.86. The molecule has 0 unspecified atom stereocenters. The van der Waals surface area contributed by atoms with Gasteiger partial charge in [0.25, 0.3) is 0 Å². The lowest BCUT2D eigenvalue weighted by atomic mass is 9.99. The zero-order valence-electron chi connectivity index (χ0n) is 12.7. The number of hydrogen-bond donors (Lipinski definition) is 1. The molecule has 1 aliphatic heterocycles. The predicted octanol–water partition coefficient (Wildman–Crippen LogP) is 2.28. The molecule has 106 valence electrons. The van der Waals surface area contributed by atoms with Gasteiger partial charge in [0.15, 0.2) is 0 Å². The summed E-state index contributed by atoms with van der Waals surface area (Å²) in [6, 6.07) is 6.95. The van der Waals surface area contributed by atoms with Gasteiger partial charge in [-0.1, -0.05) is 26.0 Å². The van der Waals surface area contributed by atoms with Gasteiger partial charge >= 0.3 is 0 Å². The van der Waals surface area contributed by atoms with E-state index in [0.29, 0.717) is 5.92 Å². The van der Waals surface area contributed by atoms with Crippen molar-refractivity contribution >= 4 is 5.69 Å². The lowest BCUT2D eigenvalue weighted by Gasteiger charge is -2.29. The van der Waals surface area contributed by atoms with E-state index in [-0.39, 0.29) is 0 Å². The summed E-state index contributed by atoms with van der Waals surface area (Å²) in [6.07, 6.45) is 0. The molecule has 0 aliphatic carbocycles. The van der Waals surface area contributed by atoms with Crippen LogP contribution in [-0.2, 0) is 6.54 Å². The van der Waals surface area contributed by atoms with Crippen molar-refractivity contribution in [3.05, 3.63) is 29.3 Å². The Bertz CT molecular complexity index is 406. The maximum absolute atomic E-state index is 3.41. The molecule has 3 heteroatoms. The van der Waals surface area contributed by atoms with Gasteiger partial charge < -0.3 is 10.2 Å². The van der Waals surface area contributed by atoms with Gasteiger partial charge in [0, 0.05) is 52.5 Å². The van der Waals surface area contributed by atoms with Crippen molar-refractivity contribution in [1.82, 2.24) is 10.2 Å².